The summed E-state index contributed by atoms with van der Waals surface area (Å²) in [6, 6.07) is 3.92. The Morgan fingerprint density at radius 3 is 2.56 bits per heavy atom. The maximum absolute atomic E-state index is 11.9. The predicted octanol–water partition coefficient (Wildman–Crippen LogP) is 2.69. The maximum atomic E-state index is 11.9. The average molecular weight is 262 g/mol. The lowest BCUT2D eigenvalue weighted by molar-refractivity contribution is -0.122. The number of halogens is 3. The molecule has 1 aromatic rings. The highest BCUT2D eigenvalue weighted by Crippen LogP contribution is 2.21. The van der Waals surface area contributed by atoms with Crippen LogP contribution in [0.1, 0.15) is 5.56 Å². The summed E-state index contributed by atoms with van der Waals surface area (Å²) in [4.78, 5) is 11.2. The number of urea groups is 1. The summed E-state index contributed by atoms with van der Waals surface area (Å²) in [5.41, 5.74) is 1.12. The minimum absolute atomic E-state index is 0.426. The molecule has 0 fully saturated rings. The van der Waals surface area contributed by atoms with Crippen molar-refractivity contribution in [3.63, 3.8) is 0 Å². The number of anilines is 1. The van der Waals surface area contributed by atoms with E-state index < -0.39 is 18.8 Å². The fourth-order valence-corrected chi connectivity index (χ4v) is 1.25. The first-order valence-corrected chi connectivity index (χ1v) is 5.08. The molecule has 0 aliphatic carbocycles. The molecule has 100 valence electrons. The second-order valence-corrected chi connectivity index (χ2v) is 3.60. The van der Waals surface area contributed by atoms with Gasteiger partial charge in [0.1, 0.15) is 12.3 Å². The number of rotatable bonds is 3. The van der Waals surface area contributed by atoms with Gasteiger partial charge in [-0.2, -0.15) is 13.2 Å². The van der Waals surface area contributed by atoms with E-state index in [0.29, 0.717) is 17.0 Å². The van der Waals surface area contributed by atoms with Crippen molar-refractivity contribution in [1.29, 1.82) is 0 Å². The SMILES string of the molecule is COc1ccc(NC(=O)NCC(F)(F)F)c(C)c1. The first-order valence-electron chi connectivity index (χ1n) is 5.08. The number of methoxy groups -OCH3 is 1. The van der Waals surface area contributed by atoms with Crippen molar-refractivity contribution < 1.29 is 22.7 Å². The zero-order valence-electron chi connectivity index (χ0n) is 9.89. The number of benzene rings is 1. The Bertz CT molecular complexity index is 433. The van der Waals surface area contributed by atoms with Crippen LogP contribution in [0.5, 0.6) is 5.75 Å². The zero-order valence-corrected chi connectivity index (χ0v) is 9.89. The van der Waals surface area contributed by atoms with Crippen LogP contribution in [0.15, 0.2) is 18.2 Å². The van der Waals surface area contributed by atoms with Crippen molar-refractivity contribution in [2.75, 3.05) is 19.0 Å². The molecule has 1 aromatic carbocycles. The molecular weight excluding hydrogens is 249 g/mol. The third-order valence-electron chi connectivity index (χ3n) is 2.13. The fraction of sp³-hybridized carbons (Fsp3) is 0.364. The van der Waals surface area contributed by atoms with Crippen LogP contribution in [-0.4, -0.2) is 25.9 Å². The monoisotopic (exact) mass is 262 g/mol. The topological polar surface area (TPSA) is 50.4 Å². The number of hydrogen-bond donors (Lipinski definition) is 2. The molecule has 0 aliphatic heterocycles. The van der Waals surface area contributed by atoms with Gasteiger partial charge in [0.15, 0.2) is 0 Å². The number of ether oxygens (including phenoxy) is 1. The Balaban J connectivity index is 2.59. The van der Waals surface area contributed by atoms with Crippen LogP contribution < -0.4 is 15.4 Å². The van der Waals surface area contributed by atoms with Gasteiger partial charge in [0.2, 0.25) is 0 Å². The van der Waals surface area contributed by atoms with Gasteiger partial charge in [-0.05, 0) is 30.7 Å². The third-order valence-corrected chi connectivity index (χ3v) is 2.13. The molecule has 0 aliphatic rings. The van der Waals surface area contributed by atoms with Gasteiger partial charge in [0.25, 0.3) is 0 Å². The van der Waals surface area contributed by atoms with Gasteiger partial charge in [0.05, 0.1) is 7.11 Å². The number of carbonyl (C=O) groups excluding carboxylic acids is 1. The Kier molecular flexibility index (Phi) is 4.41. The molecule has 7 heteroatoms. The second kappa shape index (κ2) is 5.61. The summed E-state index contributed by atoms with van der Waals surface area (Å²) in [7, 11) is 1.50. The van der Waals surface area contributed by atoms with Crippen molar-refractivity contribution in [3.05, 3.63) is 23.8 Å². The highest BCUT2D eigenvalue weighted by atomic mass is 19.4. The van der Waals surface area contributed by atoms with E-state index in [0.717, 1.165) is 0 Å². The molecule has 0 saturated carbocycles. The van der Waals surface area contributed by atoms with Gasteiger partial charge in [-0.25, -0.2) is 4.79 Å². The highest BCUT2D eigenvalue weighted by molar-refractivity contribution is 5.90. The van der Waals surface area contributed by atoms with Crippen LogP contribution in [0.2, 0.25) is 0 Å². The van der Waals surface area contributed by atoms with Gasteiger partial charge in [-0.3, -0.25) is 0 Å². The van der Waals surface area contributed by atoms with Crippen molar-refractivity contribution in [1.82, 2.24) is 5.32 Å². The molecule has 0 unspecified atom stereocenters. The lowest BCUT2D eigenvalue weighted by Crippen LogP contribution is -2.36. The smallest absolute Gasteiger partial charge is 0.405 e. The number of carbonyl (C=O) groups is 1. The van der Waals surface area contributed by atoms with Crippen LogP contribution in [0, 0.1) is 6.92 Å². The Morgan fingerprint density at radius 2 is 2.06 bits per heavy atom. The lowest BCUT2D eigenvalue weighted by Gasteiger charge is -2.12. The minimum atomic E-state index is -4.42. The van der Waals surface area contributed by atoms with Crippen molar-refractivity contribution >= 4 is 11.7 Å². The molecule has 1 rings (SSSR count). The molecule has 0 spiro atoms. The van der Waals surface area contributed by atoms with Crippen molar-refractivity contribution in [3.8, 4) is 5.75 Å². The van der Waals surface area contributed by atoms with E-state index in [1.54, 1.807) is 30.4 Å². The average Bonchev–Trinajstić information content (AvgIpc) is 2.28. The molecular formula is C11H13F3N2O2. The van der Waals surface area contributed by atoms with E-state index in [4.69, 9.17) is 4.74 Å². The predicted molar refractivity (Wildman–Crippen MR) is 60.8 cm³/mol. The third kappa shape index (κ3) is 4.52. The van der Waals surface area contributed by atoms with Gasteiger partial charge in [-0.15, -0.1) is 0 Å². The molecule has 2 amide bonds. The summed E-state index contributed by atoms with van der Waals surface area (Å²) in [6.45, 7) is 0.343. The van der Waals surface area contributed by atoms with Crippen molar-refractivity contribution in [2.45, 2.75) is 13.1 Å². The van der Waals surface area contributed by atoms with Gasteiger partial charge in [-0.1, -0.05) is 0 Å². The first-order chi connectivity index (χ1) is 8.31. The molecule has 0 bridgehead atoms. The maximum Gasteiger partial charge on any atom is 0.405 e. The van der Waals surface area contributed by atoms with Crippen LogP contribution >= 0.6 is 0 Å². The Morgan fingerprint density at radius 1 is 1.39 bits per heavy atom. The van der Waals surface area contributed by atoms with Crippen LogP contribution in [-0.2, 0) is 0 Å². The van der Waals surface area contributed by atoms with Crippen molar-refractivity contribution in [2.24, 2.45) is 0 Å². The number of aryl methyl sites for hydroxylation is 1. The molecule has 0 radical (unpaired) electrons. The van der Waals surface area contributed by atoms with Gasteiger partial charge >= 0.3 is 12.2 Å². The van der Waals surface area contributed by atoms with Crippen LogP contribution in [0.25, 0.3) is 0 Å². The molecule has 0 atom stereocenters. The Hall–Kier alpha value is -1.92. The zero-order chi connectivity index (χ0) is 13.8. The quantitative estimate of drug-likeness (QED) is 0.879. The van der Waals surface area contributed by atoms with Crippen LogP contribution in [0.3, 0.4) is 0 Å². The highest BCUT2D eigenvalue weighted by Gasteiger charge is 2.27. The number of amides is 2. The summed E-state index contributed by atoms with van der Waals surface area (Å²) in [6.07, 6.45) is -4.42. The molecule has 0 saturated heterocycles. The van der Waals surface area contributed by atoms with E-state index in [1.165, 1.54) is 7.11 Å². The molecule has 0 aromatic heterocycles. The van der Waals surface area contributed by atoms with Gasteiger partial charge in [0, 0.05) is 5.69 Å². The fourth-order valence-electron chi connectivity index (χ4n) is 1.25. The molecule has 4 nitrogen and oxygen atoms in total. The number of alkyl halides is 3. The number of nitrogens with one attached hydrogen (secondary N) is 2. The first kappa shape index (κ1) is 14.1. The minimum Gasteiger partial charge on any atom is -0.497 e. The van der Waals surface area contributed by atoms with Gasteiger partial charge < -0.3 is 15.4 Å². The largest absolute Gasteiger partial charge is 0.497 e. The normalized spacial score (nSPS) is 10.9. The van der Waals surface area contributed by atoms with E-state index in [2.05, 4.69) is 5.32 Å². The van der Waals surface area contributed by atoms with Crippen LogP contribution in [0.4, 0.5) is 23.7 Å². The standard InChI is InChI=1S/C11H13F3N2O2/c1-7-5-8(18-2)3-4-9(7)16-10(17)15-6-11(12,13)14/h3-5H,6H2,1-2H3,(H2,15,16,17). The summed E-state index contributed by atoms with van der Waals surface area (Å²) in [5.74, 6) is 0.605. The number of hydrogen-bond acceptors (Lipinski definition) is 2. The molecule has 2 N–H and O–H groups in total. The summed E-state index contributed by atoms with van der Waals surface area (Å²) < 4.78 is 40.6. The molecule has 0 heterocycles. The van der Waals surface area contributed by atoms with E-state index in [-0.39, 0.29) is 0 Å². The summed E-state index contributed by atoms with van der Waals surface area (Å²) in [5, 5.41) is 4.05. The molecule has 18 heavy (non-hydrogen) atoms. The van der Waals surface area contributed by atoms with E-state index >= 15 is 0 Å². The Labute approximate surface area is 102 Å². The van der Waals surface area contributed by atoms with E-state index in [9.17, 15) is 18.0 Å². The second-order valence-electron chi connectivity index (χ2n) is 3.60. The van der Waals surface area contributed by atoms with E-state index in [1.807, 2.05) is 0 Å². The summed E-state index contributed by atoms with van der Waals surface area (Å²) >= 11 is 0. The lowest BCUT2D eigenvalue weighted by atomic mass is 10.2.